The lowest BCUT2D eigenvalue weighted by molar-refractivity contribution is 0.0559. The maximum atomic E-state index is 11.6. The van der Waals surface area contributed by atoms with Crippen LogP contribution in [-0.2, 0) is 16.1 Å². The fourth-order valence-electron chi connectivity index (χ4n) is 1.75. The normalized spacial score (nSPS) is 10.6. The first-order valence-electron chi connectivity index (χ1n) is 5.90. The number of carbonyl (C=O) groups is 1. The standard InChI is InChI=1S/C14H14ClNO4/c1-8-4-5-9(10(15)6-8)13-16-11(7-18-2)12(20-13)14(17)19-3/h4-6H,7H2,1-3H3. The molecular formula is C14H14ClNO4. The molecule has 0 aliphatic rings. The summed E-state index contributed by atoms with van der Waals surface area (Å²) in [5.74, 6) is -0.303. The molecule has 6 heteroatoms. The third kappa shape index (κ3) is 2.84. The summed E-state index contributed by atoms with van der Waals surface area (Å²) in [4.78, 5) is 15.9. The molecule has 0 unspecified atom stereocenters. The van der Waals surface area contributed by atoms with Gasteiger partial charge in [-0.25, -0.2) is 9.78 Å². The SMILES string of the molecule is COCc1nc(-c2ccc(C)cc2Cl)oc1C(=O)OC. The number of aromatic nitrogens is 1. The number of aryl methyl sites for hydroxylation is 1. The minimum absolute atomic E-state index is 0.0287. The molecule has 1 aromatic carbocycles. The molecule has 0 saturated heterocycles. The molecule has 0 spiro atoms. The molecule has 0 aliphatic heterocycles. The second-order valence-electron chi connectivity index (χ2n) is 4.20. The number of nitrogens with zero attached hydrogens (tertiary/aromatic N) is 1. The number of benzene rings is 1. The van der Waals surface area contributed by atoms with Crippen molar-refractivity contribution in [2.24, 2.45) is 0 Å². The maximum Gasteiger partial charge on any atom is 0.376 e. The van der Waals surface area contributed by atoms with Crippen LogP contribution in [0, 0.1) is 6.92 Å². The maximum absolute atomic E-state index is 11.6. The highest BCUT2D eigenvalue weighted by Gasteiger charge is 2.22. The number of oxazole rings is 1. The average Bonchev–Trinajstić information content (AvgIpc) is 2.82. The number of halogens is 1. The molecule has 20 heavy (non-hydrogen) atoms. The largest absolute Gasteiger partial charge is 0.463 e. The van der Waals surface area contributed by atoms with Crippen LogP contribution >= 0.6 is 11.6 Å². The lowest BCUT2D eigenvalue weighted by Gasteiger charge is -2.00. The van der Waals surface area contributed by atoms with E-state index in [-0.39, 0.29) is 18.3 Å². The highest BCUT2D eigenvalue weighted by molar-refractivity contribution is 6.33. The summed E-state index contributed by atoms with van der Waals surface area (Å²) in [6.07, 6.45) is 0. The lowest BCUT2D eigenvalue weighted by atomic mass is 10.1. The Kier molecular flexibility index (Phi) is 4.42. The van der Waals surface area contributed by atoms with E-state index < -0.39 is 5.97 Å². The van der Waals surface area contributed by atoms with E-state index in [9.17, 15) is 4.79 Å². The van der Waals surface area contributed by atoms with Crippen LogP contribution in [-0.4, -0.2) is 25.2 Å². The van der Waals surface area contributed by atoms with Gasteiger partial charge in [-0.2, -0.15) is 0 Å². The van der Waals surface area contributed by atoms with Crippen LogP contribution in [0.15, 0.2) is 22.6 Å². The van der Waals surface area contributed by atoms with Crippen LogP contribution in [0.4, 0.5) is 0 Å². The molecular weight excluding hydrogens is 282 g/mol. The van der Waals surface area contributed by atoms with E-state index in [0.29, 0.717) is 16.3 Å². The second-order valence-corrected chi connectivity index (χ2v) is 4.61. The first kappa shape index (κ1) is 14.6. The van der Waals surface area contributed by atoms with Gasteiger partial charge in [-0.15, -0.1) is 0 Å². The Morgan fingerprint density at radius 1 is 1.40 bits per heavy atom. The summed E-state index contributed by atoms with van der Waals surface area (Å²) in [5.41, 5.74) is 2.02. The van der Waals surface area contributed by atoms with E-state index >= 15 is 0 Å². The van der Waals surface area contributed by atoms with Gasteiger partial charge in [0.05, 0.1) is 24.3 Å². The van der Waals surface area contributed by atoms with Gasteiger partial charge in [-0.3, -0.25) is 0 Å². The van der Waals surface area contributed by atoms with Crippen LogP contribution in [0.2, 0.25) is 5.02 Å². The van der Waals surface area contributed by atoms with Crippen molar-refractivity contribution in [3.63, 3.8) is 0 Å². The summed E-state index contributed by atoms with van der Waals surface area (Å²) >= 11 is 6.17. The summed E-state index contributed by atoms with van der Waals surface area (Å²) in [5, 5.41) is 0.506. The third-order valence-corrected chi connectivity index (χ3v) is 3.02. The predicted octanol–water partition coefficient (Wildman–Crippen LogP) is 3.24. The number of esters is 1. The molecule has 0 aliphatic carbocycles. The highest BCUT2D eigenvalue weighted by Crippen LogP contribution is 2.30. The van der Waals surface area contributed by atoms with E-state index in [1.54, 1.807) is 12.1 Å². The zero-order valence-corrected chi connectivity index (χ0v) is 12.2. The van der Waals surface area contributed by atoms with Gasteiger partial charge in [-0.1, -0.05) is 17.7 Å². The van der Waals surface area contributed by atoms with Crippen LogP contribution in [0.1, 0.15) is 21.8 Å². The monoisotopic (exact) mass is 295 g/mol. The van der Waals surface area contributed by atoms with Gasteiger partial charge in [0, 0.05) is 7.11 Å². The molecule has 2 rings (SSSR count). The number of hydrogen-bond donors (Lipinski definition) is 0. The Labute approximate surface area is 121 Å². The Bertz CT molecular complexity index is 636. The number of methoxy groups -OCH3 is 2. The van der Waals surface area contributed by atoms with Crippen molar-refractivity contribution in [3.8, 4) is 11.5 Å². The van der Waals surface area contributed by atoms with E-state index in [1.165, 1.54) is 14.2 Å². The molecule has 1 heterocycles. The number of ether oxygens (including phenoxy) is 2. The van der Waals surface area contributed by atoms with Crippen molar-refractivity contribution < 1.29 is 18.7 Å². The van der Waals surface area contributed by atoms with E-state index in [1.807, 2.05) is 13.0 Å². The predicted molar refractivity (Wildman–Crippen MR) is 73.7 cm³/mol. The van der Waals surface area contributed by atoms with Crippen LogP contribution < -0.4 is 0 Å². The molecule has 0 radical (unpaired) electrons. The number of rotatable bonds is 4. The van der Waals surface area contributed by atoms with Crippen molar-refractivity contribution in [3.05, 3.63) is 40.2 Å². The quantitative estimate of drug-likeness (QED) is 0.810. The smallest absolute Gasteiger partial charge is 0.376 e. The van der Waals surface area contributed by atoms with Gasteiger partial charge in [0.1, 0.15) is 5.69 Å². The fraction of sp³-hybridized carbons (Fsp3) is 0.286. The Balaban J connectivity index is 2.49. The zero-order chi connectivity index (χ0) is 14.7. The summed E-state index contributed by atoms with van der Waals surface area (Å²) in [6.45, 7) is 2.08. The van der Waals surface area contributed by atoms with Gasteiger partial charge in [0.2, 0.25) is 11.7 Å². The van der Waals surface area contributed by atoms with Gasteiger partial charge in [-0.05, 0) is 24.6 Å². The van der Waals surface area contributed by atoms with Crippen molar-refractivity contribution >= 4 is 17.6 Å². The molecule has 5 nitrogen and oxygen atoms in total. The minimum atomic E-state index is -0.598. The van der Waals surface area contributed by atoms with Crippen molar-refractivity contribution in [1.82, 2.24) is 4.98 Å². The first-order valence-corrected chi connectivity index (χ1v) is 6.28. The lowest BCUT2D eigenvalue weighted by Crippen LogP contribution is -2.04. The minimum Gasteiger partial charge on any atom is -0.463 e. The molecule has 1 aromatic heterocycles. The second kappa shape index (κ2) is 6.07. The Hall–Kier alpha value is -1.85. The van der Waals surface area contributed by atoms with Crippen molar-refractivity contribution in [2.45, 2.75) is 13.5 Å². The van der Waals surface area contributed by atoms with Crippen molar-refractivity contribution in [1.29, 1.82) is 0 Å². The van der Waals surface area contributed by atoms with E-state index in [0.717, 1.165) is 5.56 Å². The molecule has 0 atom stereocenters. The molecule has 2 aromatic rings. The zero-order valence-electron chi connectivity index (χ0n) is 11.4. The molecule has 0 saturated carbocycles. The van der Waals surface area contributed by atoms with Crippen LogP contribution in [0.5, 0.6) is 0 Å². The molecule has 0 amide bonds. The van der Waals surface area contributed by atoms with Crippen LogP contribution in [0.25, 0.3) is 11.5 Å². The molecule has 0 bridgehead atoms. The summed E-state index contributed by atoms with van der Waals surface area (Å²) in [7, 11) is 2.79. The average molecular weight is 296 g/mol. The highest BCUT2D eigenvalue weighted by atomic mass is 35.5. The van der Waals surface area contributed by atoms with Gasteiger partial charge in [0.15, 0.2) is 0 Å². The van der Waals surface area contributed by atoms with Crippen LogP contribution in [0.3, 0.4) is 0 Å². The number of carbonyl (C=O) groups excluding carboxylic acids is 1. The van der Waals surface area contributed by atoms with Gasteiger partial charge < -0.3 is 13.9 Å². The summed E-state index contributed by atoms with van der Waals surface area (Å²) < 4.78 is 15.1. The first-order chi connectivity index (χ1) is 9.56. The molecule has 0 fully saturated rings. The number of hydrogen-bond acceptors (Lipinski definition) is 5. The summed E-state index contributed by atoms with van der Waals surface area (Å²) in [6, 6.07) is 5.48. The van der Waals surface area contributed by atoms with Gasteiger partial charge in [0.25, 0.3) is 0 Å². The Morgan fingerprint density at radius 3 is 2.75 bits per heavy atom. The molecule has 0 N–H and O–H groups in total. The third-order valence-electron chi connectivity index (χ3n) is 2.70. The fourth-order valence-corrected chi connectivity index (χ4v) is 2.06. The topological polar surface area (TPSA) is 61.6 Å². The van der Waals surface area contributed by atoms with Gasteiger partial charge >= 0.3 is 5.97 Å². The van der Waals surface area contributed by atoms with Crippen molar-refractivity contribution in [2.75, 3.05) is 14.2 Å². The van der Waals surface area contributed by atoms with E-state index in [4.69, 9.17) is 20.8 Å². The Morgan fingerprint density at radius 2 is 2.15 bits per heavy atom. The molecule has 106 valence electrons. The van der Waals surface area contributed by atoms with E-state index in [2.05, 4.69) is 9.72 Å².